The lowest BCUT2D eigenvalue weighted by molar-refractivity contribution is 0.872. The Morgan fingerprint density at radius 1 is 1.00 bits per heavy atom. The van der Waals surface area contributed by atoms with Crippen LogP contribution in [0.25, 0.3) is 0 Å². The molecule has 0 aromatic heterocycles. The molecule has 12 heavy (non-hydrogen) atoms. The maximum absolute atomic E-state index is 5.89. The number of rotatable bonds is 7. The van der Waals surface area contributed by atoms with E-state index in [1.165, 1.54) is 37.2 Å². The molecule has 0 aromatic rings. The van der Waals surface area contributed by atoms with Crippen molar-refractivity contribution < 1.29 is 0 Å². The first-order chi connectivity index (χ1) is 5.72. The Bertz CT molecular complexity index is 88.5. The van der Waals surface area contributed by atoms with Crippen LogP contribution in [0.4, 0.5) is 0 Å². The van der Waals surface area contributed by atoms with Crippen molar-refractivity contribution in [2.24, 2.45) is 0 Å². The van der Waals surface area contributed by atoms with E-state index >= 15 is 0 Å². The van der Waals surface area contributed by atoms with Gasteiger partial charge in [-0.2, -0.15) is 0 Å². The third kappa shape index (κ3) is 6.45. The minimum absolute atomic E-state index is 0.136. The normalized spacial score (nSPS) is 11.5. The molecule has 0 fully saturated rings. The number of unbranched alkanes of at least 4 members (excludes halogenated alkanes) is 2. The Balaban J connectivity index is 3.55. The van der Waals surface area contributed by atoms with Gasteiger partial charge in [-0.25, -0.2) is 0 Å². The SMILES string of the molecule is CCCC[S+](CCCC)C(Cl)Cl. The standard InChI is InChI=1S/C9H19Cl2S/c1-3-5-7-12(9(10)11)8-6-4-2/h9H,3-8H2,1-2H3/q+1. The van der Waals surface area contributed by atoms with Crippen LogP contribution in [-0.4, -0.2) is 15.7 Å². The zero-order valence-corrected chi connectivity index (χ0v) is 10.3. The van der Waals surface area contributed by atoms with Crippen LogP contribution < -0.4 is 0 Å². The lowest BCUT2D eigenvalue weighted by Crippen LogP contribution is -2.18. The van der Waals surface area contributed by atoms with Crippen LogP contribution in [0, 0.1) is 0 Å². The quantitative estimate of drug-likeness (QED) is 0.458. The molecule has 0 amide bonds. The van der Waals surface area contributed by atoms with Crippen LogP contribution in [0.1, 0.15) is 39.5 Å². The number of hydrogen-bond acceptors (Lipinski definition) is 0. The third-order valence-electron chi connectivity index (χ3n) is 1.77. The fraction of sp³-hybridized carbons (Fsp3) is 1.00. The van der Waals surface area contributed by atoms with E-state index in [1.807, 2.05) is 0 Å². The van der Waals surface area contributed by atoms with Crippen LogP contribution in [0.3, 0.4) is 0 Å². The van der Waals surface area contributed by atoms with E-state index in [9.17, 15) is 0 Å². The molecule has 0 bridgehead atoms. The van der Waals surface area contributed by atoms with Gasteiger partial charge in [-0.3, -0.25) is 0 Å². The van der Waals surface area contributed by atoms with Gasteiger partial charge in [0.05, 0.1) is 0 Å². The summed E-state index contributed by atoms with van der Waals surface area (Å²) < 4.78 is -0.136. The molecule has 0 nitrogen and oxygen atoms in total. The first-order valence-electron chi connectivity index (χ1n) is 4.66. The average Bonchev–Trinajstić information content (AvgIpc) is 2.04. The second kappa shape index (κ2) is 8.52. The molecule has 0 aliphatic carbocycles. The molecule has 0 unspecified atom stereocenters. The lowest BCUT2D eigenvalue weighted by atomic mass is 10.4. The molecule has 74 valence electrons. The topological polar surface area (TPSA) is 0 Å². The first kappa shape index (κ1) is 12.9. The van der Waals surface area contributed by atoms with Gasteiger partial charge >= 0.3 is 0 Å². The fourth-order valence-corrected chi connectivity index (χ4v) is 3.89. The summed E-state index contributed by atoms with van der Waals surface area (Å²) in [6.45, 7) is 4.41. The Labute approximate surface area is 89.4 Å². The second-order valence-electron chi connectivity index (χ2n) is 2.91. The Morgan fingerprint density at radius 2 is 1.42 bits per heavy atom. The van der Waals surface area contributed by atoms with Crippen LogP contribution in [-0.2, 0) is 10.9 Å². The highest BCUT2D eigenvalue weighted by atomic mass is 35.5. The van der Waals surface area contributed by atoms with Gasteiger partial charge in [-0.15, -0.1) is 0 Å². The minimum atomic E-state index is -0.136. The molecule has 0 aromatic carbocycles. The van der Waals surface area contributed by atoms with Crippen molar-refractivity contribution in [3.8, 4) is 0 Å². The van der Waals surface area contributed by atoms with Gasteiger partial charge in [-0.05, 0) is 36.0 Å². The van der Waals surface area contributed by atoms with Gasteiger partial charge in [0.25, 0.3) is 4.17 Å². The van der Waals surface area contributed by atoms with Crippen LogP contribution >= 0.6 is 23.2 Å². The fourth-order valence-electron chi connectivity index (χ4n) is 0.940. The average molecular weight is 230 g/mol. The van der Waals surface area contributed by atoms with Gasteiger partial charge < -0.3 is 0 Å². The zero-order valence-electron chi connectivity index (χ0n) is 7.98. The third-order valence-corrected chi connectivity index (χ3v) is 5.41. The van der Waals surface area contributed by atoms with E-state index in [0.29, 0.717) is 0 Å². The van der Waals surface area contributed by atoms with Gasteiger partial charge in [0.1, 0.15) is 11.5 Å². The molecule has 3 heteroatoms. The van der Waals surface area contributed by atoms with E-state index < -0.39 is 0 Å². The van der Waals surface area contributed by atoms with E-state index in [-0.39, 0.29) is 15.1 Å². The highest BCUT2D eigenvalue weighted by Crippen LogP contribution is 2.18. The van der Waals surface area contributed by atoms with Crippen molar-refractivity contribution in [2.75, 3.05) is 11.5 Å². The number of hydrogen-bond donors (Lipinski definition) is 0. The zero-order chi connectivity index (χ0) is 9.40. The molecule has 0 N–H and O–H groups in total. The summed E-state index contributed by atoms with van der Waals surface area (Å²) in [5, 5.41) is 0. The van der Waals surface area contributed by atoms with Crippen LogP contribution in [0.5, 0.6) is 0 Å². The maximum Gasteiger partial charge on any atom is 0.265 e. The monoisotopic (exact) mass is 229 g/mol. The van der Waals surface area contributed by atoms with E-state index in [2.05, 4.69) is 13.8 Å². The molecule has 0 aliphatic heterocycles. The molecule has 0 heterocycles. The lowest BCUT2D eigenvalue weighted by Gasteiger charge is -2.07. The van der Waals surface area contributed by atoms with Gasteiger partial charge in [-0.1, -0.05) is 26.7 Å². The maximum atomic E-state index is 5.89. The summed E-state index contributed by atoms with van der Waals surface area (Å²) in [5.41, 5.74) is 0. The van der Waals surface area contributed by atoms with E-state index in [4.69, 9.17) is 23.2 Å². The molecular formula is C9H19Cl2S+. The van der Waals surface area contributed by atoms with Crippen LogP contribution in [0.15, 0.2) is 0 Å². The van der Waals surface area contributed by atoms with E-state index in [0.717, 1.165) is 0 Å². The number of halogens is 2. The molecule has 0 spiro atoms. The van der Waals surface area contributed by atoms with E-state index in [1.54, 1.807) is 0 Å². The van der Waals surface area contributed by atoms with Crippen molar-refractivity contribution in [2.45, 2.75) is 43.7 Å². The summed E-state index contributed by atoms with van der Waals surface area (Å²) in [6.07, 6.45) is 5.03. The second-order valence-corrected chi connectivity index (χ2v) is 6.89. The Kier molecular flexibility index (Phi) is 9.19. The van der Waals surface area contributed by atoms with Crippen LogP contribution in [0.2, 0.25) is 0 Å². The smallest absolute Gasteiger partial charge is 0.0652 e. The summed E-state index contributed by atoms with van der Waals surface area (Å²) in [5.74, 6) is 2.43. The molecule has 0 rings (SSSR count). The summed E-state index contributed by atoms with van der Waals surface area (Å²) in [4.78, 5) is 0. The number of alkyl halides is 2. The molecule has 0 atom stereocenters. The summed E-state index contributed by atoms with van der Waals surface area (Å²) >= 11 is 11.8. The predicted molar refractivity (Wildman–Crippen MR) is 62.4 cm³/mol. The van der Waals surface area contributed by atoms with Crippen molar-refractivity contribution in [1.29, 1.82) is 0 Å². The summed E-state index contributed by atoms with van der Waals surface area (Å²) in [6, 6.07) is 0. The molecule has 0 saturated heterocycles. The molecule has 0 saturated carbocycles. The van der Waals surface area contributed by atoms with Gasteiger partial charge in [0.15, 0.2) is 0 Å². The van der Waals surface area contributed by atoms with Crippen molar-refractivity contribution in [3.05, 3.63) is 0 Å². The largest absolute Gasteiger partial charge is 0.265 e. The van der Waals surface area contributed by atoms with Gasteiger partial charge in [0.2, 0.25) is 0 Å². The first-order valence-corrected chi connectivity index (χ1v) is 7.16. The molecular weight excluding hydrogens is 211 g/mol. The van der Waals surface area contributed by atoms with Gasteiger partial charge in [0, 0.05) is 10.9 Å². The predicted octanol–water partition coefficient (Wildman–Crippen LogP) is 3.97. The molecule has 0 radical (unpaired) electrons. The summed E-state index contributed by atoms with van der Waals surface area (Å²) in [7, 11) is 0.255. The highest BCUT2D eigenvalue weighted by molar-refractivity contribution is 7.99. The van der Waals surface area contributed by atoms with Crippen molar-refractivity contribution in [3.63, 3.8) is 0 Å². The Morgan fingerprint density at radius 3 is 1.67 bits per heavy atom. The highest BCUT2D eigenvalue weighted by Gasteiger charge is 2.24. The molecule has 0 aliphatic rings. The van der Waals surface area contributed by atoms with Crippen molar-refractivity contribution >= 4 is 34.1 Å². The Hall–Kier alpha value is 0.930. The van der Waals surface area contributed by atoms with Crippen molar-refractivity contribution in [1.82, 2.24) is 0 Å². The minimum Gasteiger partial charge on any atom is -0.0652 e.